The third-order valence-electron chi connectivity index (χ3n) is 5.72. The topological polar surface area (TPSA) is 58.6 Å². The van der Waals surface area contributed by atoms with E-state index >= 15 is 0 Å². The van der Waals surface area contributed by atoms with E-state index in [2.05, 4.69) is 21.2 Å². The largest absolute Gasteiger partial charge is 0.484 e. The van der Waals surface area contributed by atoms with Crippen molar-refractivity contribution >= 4 is 39.3 Å². The van der Waals surface area contributed by atoms with Crippen LogP contribution in [0.15, 0.2) is 71.2 Å². The predicted octanol–water partition coefficient (Wildman–Crippen LogP) is 6.26. The van der Waals surface area contributed by atoms with E-state index in [1.807, 2.05) is 88.4 Å². The Labute approximate surface area is 226 Å². The van der Waals surface area contributed by atoms with Crippen LogP contribution in [0.4, 0.5) is 0 Å². The molecule has 36 heavy (non-hydrogen) atoms. The standard InChI is InChI=1S/C29H32BrClN2O3/c1-19(2)32-29(35)26(16-22-9-6-5-7-10-22)33(17-23-11-8-12-24(31)15-23)27(34)18-36-25-13-20(3)28(30)21(4)14-25/h5-15,19,26H,16-18H2,1-4H3,(H,32,35)/t26-/m1/s1. The van der Waals surface area contributed by atoms with Gasteiger partial charge in [-0.25, -0.2) is 0 Å². The van der Waals surface area contributed by atoms with E-state index in [1.165, 1.54) is 0 Å². The number of ether oxygens (including phenoxy) is 1. The Balaban J connectivity index is 1.92. The zero-order chi connectivity index (χ0) is 26.2. The van der Waals surface area contributed by atoms with E-state index in [0.717, 1.165) is 26.7 Å². The quantitative estimate of drug-likeness (QED) is 0.312. The molecule has 190 valence electrons. The molecule has 0 saturated heterocycles. The highest BCUT2D eigenvalue weighted by Crippen LogP contribution is 2.26. The molecule has 2 amide bonds. The van der Waals surface area contributed by atoms with E-state index in [-0.39, 0.29) is 31.0 Å². The summed E-state index contributed by atoms with van der Waals surface area (Å²) in [5.74, 6) is 0.114. The molecule has 0 aliphatic carbocycles. The van der Waals surface area contributed by atoms with Crippen LogP contribution in [0.1, 0.15) is 36.1 Å². The van der Waals surface area contributed by atoms with E-state index < -0.39 is 6.04 Å². The second kappa shape index (κ2) is 12.9. The molecule has 0 radical (unpaired) electrons. The van der Waals surface area contributed by atoms with Crippen LogP contribution in [-0.2, 0) is 22.6 Å². The number of carbonyl (C=O) groups excluding carboxylic acids is 2. The molecule has 0 heterocycles. The van der Waals surface area contributed by atoms with Crippen LogP contribution < -0.4 is 10.1 Å². The number of hydrogen-bond donors (Lipinski definition) is 1. The fourth-order valence-electron chi connectivity index (χ4n) is 3.98. The molecule has 0 unspecified atom stereocenters. The first-order valence-corrected chi connectivity index (χ1v) is 13.1. The minimum absolute atomic E-state index is 0.0659. The van der Waals surface area contributed by atoms with E-state index in [4.69, 9.17) is 16.3 Å². The molecule has 0 saturated carbocycles. The van der Waals surface area contributed by atoms with Gasteiger partial charge < -0.3 is 15.0 Å². The second-order valence-electron chi connectivity index (χ2n) is 9.18. The number of rotatable bonds is 10. The van der Waals surface area contributed by atoms with E-state index in [9.17, 15) is 9.59 Å². The van der Waals surface area contributed by atoms with E-state index in [0.29, 0.717) is 17.2 Å². The molecular formula is C29H32BrClN2O3. The van der Waals surface area contributed by atoms with Crippen LogP contribution in [-0.4, -0.2) is 35.4 Å². The van der Waals surface area contributed by atoms with Gasteiger partial charge in [0, 0.05) is 28.5 Å². The smallest absolute Gasteiger partial charge is 0.261 e. The third-order valence-corrected chi connectivity index (χ3v) is 7.20. The number of halogens is 2. The lowest BCUT2D eigenvalue weighted by molar-refractivity contribution is -0.143. The summed E-state index contributed by atoms with van der Waals surface area (Å²) in [5.41, 5.74) is 3.84. The van der Waals surface area contributed by atoms with Gasteiger partial charge in [-0.3, -0.25) is 9.59 Å². The van der Waals surface area contributed by atoms with Crippen molar-refractivity contribution < 1.29 is 14.3 Å². The molecule has 3 aromatic carbocycles. The summed E-state index contributed by atoms with van der Waals surface area (Å²) >= 11 is 9.78. The molecule has 1 N–H and O–H groups in total. The molecular weight excluding hydrogens is 540 g/mol. The molecule has 7 heteroatoms. The van der Waals surface area contributed by atoms with Gasteiger partial charge in [-0.05, 0) is 74.2 Å². The van der Waals surface area contributed by atoms with Crippen molar-refractivity contribution in [2.24, 2.45) is 0 Å². The van der Waals surface area contributed by atoms with Crippen molar-refractivity contribution in [3.05, 3.63) is 98.5 Å². The molecule has 1 atom stereocenters. The van der Waals surface area contributed by atoms with Crippen LogP contribution in [0.25, 0.3) is 0 Å². The zero-order valence-electron chi connectivity index (χ0n) is 21.1. The summed E-state index contributed by atoms with van der Waals surface area (Å²) in [6.07, 6.45) is 0.377. The molecule has 3 rings (SSSR count). The van der Waals surface area contributed by atoms with E-state index in [1.54, 1.807) is 11.0 Å². The molecule has 0 spiro atoms. The number of aryl methyl sites for hydroxylation is 2. The van der Waals surface area contributed by atoms with Gasteiger partial charge >= 0.3 is 0 Å². The molecule has 5 nitrogen and oxygen atoms in total. The summed E-state index contributed by atoms with van der Waals surface area (Å²) in [5, 5.41) is 3.56. The number of carbonyl (C=O) groups is 2. The van der Waals surface area contributed by atoms with Gasteiger partial charge in [-0.15, -0.1) is 0 Å². The summed E-state index contributed by atoms with van der Waals surface area (Å²) in [6, 6.07) is 20.0. The lowest BCUT2D eigenvalue weighted by Crippen LogP contribution is -2.52. The second-order valence-corrected chi connectivity index (χ2v) is 10.4. The Morgan fingerprint density at radius 3 is 2.22 bits per heavy atom. The lowest BCUT2D eigenvalue weighted by Gasteiger charge is -2.32. The first-order valence-electron chi connectivity index (χ1n) is 11.9. The summed E-state index contributed by atoms with van der Waals surface area (Å²) in [7, 11) is 0. The maximum atomic E-state index is 13.6. The zero-order valence-corrected chi connectivity index (χ0v) is 23.4. The molecule has 0 aliphatic rings. The summed E-state index contributed by atoms with van der Waals surface area (Å²) in [4.78, 5) is 28.6. The highest BCUT2D eigenvalue weighted by molar-refractivity contribution is 9.10. The summed E-state index contributed by atoms with van der Waals surface area (Å²) < 4.78 is 6.93. The van der Waals surface area contributed by atoms with Gasteiger partial charge in [0.1, 0.15) is 11.8 Å². The van der Waals surface area contributed by atoms with Crippen LogP contribution in [0.2, 0.25) is 5.02 Å². The maximum Gasteiger partial charge on any atom is 0.261 e. The molecule has 3 aromatic rings. The highest BCUT2D eigenvalue weighted by atomic mass is 79.9. The monoisotopic (exact) mass is 570 g/mol. The predicted molar refractivity (Wildman–Crippen MR) is 148 cm³/mol. The molecule has 0 fully saturated rings. The minimum Gasteiger partial charge on any atom is -0.484 e. The van der Waals surface area contributed by atoms with Crippen molar-refractivity contribution in [3.8, 4) is 5.75 Å². The van der Waals surface area contributed by atoms with Crippen molar-refractivity contribution in [2.75, 3.05) is 6.61 Å². The lowest BCUT2D eigenvalue weighted by atomic mass is 10.0. The molecule has 0 aliphatic heterocycles. The van der Waals surface area contributed by atoms with Crippen LogP contribution in [0.5, 0.6) is 5.75 Å². The minimum atomic E-state index is -0.724. The highest BCUT2D eigenvalue weighted by Gasteiger charge is 2.31. The number of amides is 2. The van der Waals surface area contributed by atoms with Crippen LogP contribution in [0, 0.1) is 13.8 Å². The number of benzene rings is 3. The Morgan fingerprint density at radius 1 is 0.972 bits per heavy atom. The first-order chi connectivity index (χ1) is 17.1. The van der Waals surface area contributed by atoms with Gasteiger partial charge in [0.25, 0.3) is 5.91 Å². The van der Waals surface area contributed by atoms with Crippen molar-refractivity contribution in [3.63, 3.8) is 0 Å². The van der Waals surface area contributed by atoms with Gasteiger partial charge in [-0.2, -0.15) is 0 Å². The van der Waals surface area contributed by atoms with Crippen molar-refractivity contribution in [1.82, 2.24) is 10.2 Å². The average molecular weight is 572 g/mol. The van der Waals surface area contributed by atoms with Crippen LogP contribution >= 0.6 is 27.5 Å². The average Bonchev–Trinajstić information content (AvgIpc) is 2.83. The van der Waals surface area contributed by atoms with Gasteiger partial charge in [0.05, 0.1) is 0 Å². The Hall–Kier alpha value is -2.83. The molecule has 0 bridgehead atoms. The van der Waals surface area contributed by atoms with Crippen molar-refractivity contribution in [1.29, 1.82) is 0 Å². The summed E-state index contributed by atoms with van der Waals surface area (Å²) in [6.45, 7) is 7.79. The third kappa shape index (κ3) is 7.84. The normalized spacial score (nSPS) is 11.8. The van der Waals surface area contributed by atoms with Gasteiger partial charge in [-0.1, -0.05) is 70.0 Å². The number of hydrogen-bond acceptors (Lipinski definition) is 3. The Morgan fingerprint density at radius 2 is 1.61 bits per heavy atom. The fourth-order valence-corrected chi connectivity index (χ4v) is 4.43. The van der Waals surface area contributed by atoms with Gasteiger partial charge in [0.2, 0.25) is 5.91 Å². The molecule has 0 aromatic heterocycles. The van der Waals surface area contributed by atoms with Gasteiger partial charge in [0.15, 0.2) is 6.61 Å². The maximum absolute atomic E-state index is 13.6. The first kappa shape index (κ1) is 27.8. The number of nitrogens with one attached hydrogen (secondary N) is 1. The fraction of sp³-hybridized carbons (Fsp3) is 0.310. The van der Waals surface area contributed by atoms with Crippen molar-refractivity contribution in [2.45, 2.75) is 52.7 Å². The SMILES string of the molecule is Cc1cc(OCC(=O)N(Cc2cccc(Cl)c2)[C@H](Cc2ccccc2)C(=O)NC(C)C)cc(C)c1Br. The van der Waals surface area contributed by atoms with Crippen LogP contribution in [0.3, 0.4) is 0 Å². The number of nitrogens with zero attached hydrogens (tertiary/aromatic N) is 1. The Bertz CT molecular complexity index is 1180. The Kier molecular flexibility index (Phi) is 9.97.